The second-order valence-electron chi connectivity index (χ2n) is 6.63. The Morgan fingerprint density at radius 1 is 0.967 bits per heavy atom. The number of hydrogen-bond acceptors (Lipinski definition) is 4. The fourth-order valence-corrected chi connectivity index (χ4v) is 3.18. The molecule has 150 valence electrons. The third kappa shape index (κ3) is 4.34. The number of hydrogen-bond donors (Lipinski definition) is 2. The van der Waals surface area contributed by atoms with Crippen LogP contribution in [0.1, 0.15) is 11.1 Å². The zero-order valence-electron chi connectivity index (χ0n) is 15.7. The van der Waals surface area contributed by atoms with Gasteiger partial charge in [-0.2, -0.15) is 0 Å². The van der Waals surface area contributed by atoms with Crippen molar-refractivity contribution in [1.82, 2.24) is 9.97 Å². The highest BCUT2D eigenvalue weighted by molar-refractivity contribution is 6.31. The molecule has 0 aliphatic heterocycles. The van der Waals surface area contributed by atoms with E-state index in [0.717, 1.165) is 5.56 Å². The van der Waals surface area contributed by atoms with Gasteiger partial charge in [-0.05, 0) is 60.2 Å². The van der Waals surface area contributed by atoms with Crippen molar-refractivity contribution in [3.8, 4) is 22.9 Å². The molecule has 3 aromatic carbocycles. The highest BCUT2D eigenvalue weighted by Crippen LogP contribution is 2.25. The lowest BCUT2D eigenvalue weighted by atomic mass is 10.1. The number of ether oxygens (including phenoxy) is 1. The summed E-state index contributed by atoms with van der Waals surface area (Å²) in [6, 6.07) is 20.0. The third-order valence-electron chi connectivity index (χ3n) is 4.55. The van der Waals surface area contributed by atoms with Crippen LogP contribution in [0.15, 0.2) is 77.6 Å². The summed E-state index contributed by atoms with van der Waals surface area (Å²) in [7, 11) is 0. The molecule has 0 bridgehead atoms. The summed E-state index contributed by atoms with van der Waals surface area (Å²) >= 11 is 6.18. The second kappa shape index (κ2) is 8.39. The molecule has 4 aromatic rings. The number of nitrogens with zero attached hydrogens (tertiary/aromatic N) is 1. The van der Waals surface area contributed by atoms with E-state index in [9.17, 15) is 9.18 Å². The lowest BCUT2D eigenvalue weighted by molar-refractivity contribution is 0.480. The average molecular weight is 422 g/mol. The van der Waals surface area contributed by atoms with Crippen molar-refractivity contribution >= 4 is 17.4 Å². The zero-order chi connectivity index (χ0) is 21.1. The Kier molecular flexibility index (Phi) is 5.50. The van der Waals surface area contributed by atoms with E-state index in [0.29, 0.717) is 39.9 Å². The largest absolute Gasteiger partial charge is 0.457 e. The quantitative estimate of drug-likeness (QED) is 0.464. The van der Waals surface area contributed by atoms with Gasteiger partial charge in [0.15, 0.2) is 0 Å². The van der Waals surface area contributed by atoms with Gasteiger partial charge in [0.25, 0.3) is 5.56 Å². The maximum absolute atomic E-state index is 13.0. The van der Waals surface area contributed by atoms with E-state index in [2.05, 4.69) is 9.97 Å². The molecule has 0 amide bonds. The molecule has 4 rings (SSSR count). The van der Waals surface area contributed by atoms with Crippen LogP contribution in [0.3, 0.4) is 0 Å². The molecule has 1 aromatic heterocycles. The van der Waals surface area contributed by atoms with Crippen molar-refractivity contribution in [1.29, 1.82) is 0 Å². The van der Waals surface area contributed by atoms with Crippen LogP contribution in [-0.2, 0) is 6.42 Å². The predicted octanol–water partition coefficient (Wildman–Crippen LogP) is 5.19. The molecule has 0 unspecified atom stereocenters. The molecule has 0 atom stereocenters. The normalized spacial score (nSPS) is 10.7. The van der Waals surface area contributed by atoms with Crippen LogP contribution < -0.4 is 16.0 Å². The number of aromatic nitrogens is 2. The first kappa shape index (κ1) is 19.7. The van der Waals surface area contributed by atoms with Crippen LogP contribution in [0.5, 0.6) is 11.5 Å². The van der Waals surface area contributed by atoms with E-state index in [4.69, 9.17) is 22.1 Å². The SMILES string of the molecule is Nc1nc(-c2ccc(Oc3ccc(F)cc3)cc2)[nH]c(=O)c1Cc1ccccc1Cl. The zero-order valence-corrected chi connectivity index (χ0v) is 16.5. The summed E-state index contributed by atoms with van der Waals surface area (Å²) in [5, 5.41) is 0.567. The Bertz CT molecular complexity index is 1240. The van der Waals surface area contributed by atoms with Crippen molar-refractivity contribution in [3.63, 3.8) is 0 Å². The van der Waals surface area contributed by atoms with Gasteiger partial charge in [-0.15, -0.1) is 0 Å². The van der Waals surface area contributed by atoms with Crippen molar-refractivity contribution in [2.45, 2.75) is 6.42 Å². The van der Waals surface area contributed by atoms with E-state index in [1.165, 1.54) is 12.1 Å². The van der Waals surface area contributed by atoms with Crippen LogP contribution in [0.2, 0.25) is 5.02 Å². The summed E-state index contributed by atoms with van der Waals surface area (Å²) in [5.74, 6) is 1.26. The molecule has 1 heterocycles. The first-order valence-corrected chi connectivity index (χ1v) is 9.53. The molecule has 0 fully saturated rings. The van der Waals surface area contributed by atoms with Gasteiger partial charge in [0.1, 0.15) is 29.0 Å². The number of rotatable bonds is 5. The molecule has 0 aliphatic carbocycles. The monoisotopic (exact) mass is 421 g/mol. The number of nitrogens with two attached hydrogens (primary N) is 1. The number of anilines is 1. The summed E-state index contributed by atoms with van der Waals surface area (Å²) in [4.78, 5) is 19.7. The summed E-state index contributed by atoms with van der Waals surface area (Å²) < 4.78 is 18.7. The summed E-state index contributed by atoms with van der Waals surface area (Å²) in [5.41, 5.74) is 7.60. The lowest BCUT2D eigenvalue weighted by Gasteiger charge is -2.09. The molecular formula is C23H17ClFN3O2. The summed E-state index contributed by atoms with van der Waals surface area (Å²) in [6.07, 6.45) is 0.290. The predicted molar refractivity (Wildman–Crippen MR) is 115 cm³/mol. The van der Waals surface area contributed by atoms with E-state index in [1.807, 2.05) is 18.2 Å². The molecule has 30 heavy (non-hydrogen) atoms. The highest BCUT2D eigenvalue weighted by Gasteiger charge is 2.13. The number of nitrogens with one attached hydrogen (secondary N) is 1. The topological polar surface area (TPSA) is 81.0 Å². The van der Waals surface area contributed by atoms with Crippen molar-refractivity contribution in [2.24, 2.45) is 0 Å². The van der Waals surface area contributed by atoms with Gasteiger partial charge in [0.05, 0.1) is 5.56 Å². The Hall–Kier alpha value is -3.64. The molecule has 0 saturated heterocycles. The van der Waals surface area contributed by atoms with Gasteiger partial charge in [-0.3, -0.25) is 4.79 Å². The Labute approximate surface area is 176 Å². The minimum absolute atomic E-state index is 0.153. The van der Waals surface area contributed by atoms with Crippen LogP contribution in [0.25, 0.3) is 11.4 Å². The lowest BCUT2D eigenvalue weighted by Crippen LogP contribution is -2.18. The van der Waals surface area contributed by atoms with Gasteiger partial charge >= 0.3 is 0 Å². The van der Waals surface area contributed by atoms with Crippen LogP contribution in [0, 0.1) is 5.82 Å². The average Bonchev–Trinajstić information content (AvgIpc) is 2.74. The Morgan fingerprint density at radius 3 is 2.23 bits per heavy atom. The van der Waals surface area contributed by atoms with Gasteiger partial charge in [-0.1, -0.05) is 29.8 Å². The van der Waals surface area contributed by atoms with E-state index in [-0.39, 0.29) is 17.2 Å². The minimum Gasteiger partial charge on any atom is -0.457 e. The second-order valence-corrected chi connectivity index (χ2v) is 7.03. The number of nitrogen functional groups attached to an aromatic ring is 1. The Morgan fingerprint density at radius 2 is 1.60 bits per heavy atom. The van der Waals surface area contributed by atoms with Gasteiger partial charge < -0.3 is 15.5 Å². The van der Waals surface area contributed by atoms with Crippen molar-refractivity contribution < 1.29 is 9.13 Å². The fraction of sp³-hybridized carbons (Fsp3) is 0.0435. The maximum Gasteiger partial charge on any atom is 0.256 e. The van der Waals surface area contributed by atoms with E-state index in [1.54, 1.807) is 42.5 Å². The van der Waals surface area contributed by atoms with E-state index >= 15 is 0 Å². The van der Waals surface area contributed by atoms with Crippen molar-refractivity contribution in [3.05, 3.63) is 105 Å². The third-order valence-corrected chi connectivity index (χ3v) is 4.92. The molecule has 0 radical (unpaired) electrons. The highest BCUT2D eigenvalue weighted by atomic mass is 35.5. The summed E-state index contributed by atoms with van der Waals surface area (Å²) in [6.45, 7) is 0. The molecule has 0 spiro atoms. The smallest absolute Gasteiger partial charge is 0.256 e. The molecule has 0 saturated carbocycles. The molecule has 5 nitrogen and oxygen atoms in total. The van der Waals surface area contributed by atoms with Crippen molar-refractivity contribution in [2.75, 3.05) is 5.73 Å². The van der Waals surface area contributed by atoms with Gasteiger partial charge in [0, 0.05) is 17.0 Å². The standard InChI is InChI=1S/C23H17ClFN3O2/c24-20-4-2-1-3-15(20)13-19-21(26)27-22(28-23(19)29)14-5-9-17(10-6-14)30-18-11-7-16(25)8-12-18/h1-12H,13H2,(H3,26,27,28,29). The molecule has 7 heteroatoms. The number of halogens is 2. The van der Waals surface area contributed by atoms with Crippen LogP contribution in [0.4, 0.5) is 10.2 Å². The van der Waals surface area contributed by atoms with Gasteiger partial charge in [0.2, 0.25) is 0 Å². The van der Waals surface area contributed by atoms with E-state index < -0.39 is 0 Å². The van der Waals surface area contributed by atoms with Crippen LogP contribution >= 0.6 is 11.6 Å². The molecule has 3 N–H and O–H groups in total. The first-order chi connectivity index (χ1) is 14.5. The Balaban J connectivity index is 1.56. The number of benzene rings is 3. The van der Waals surface area contributed by atoms with Gasteiger partial charge in [-0.25, -0.2) is 9.37 Å². The number of H-pyrrole nitrogens is 1. The number of aromatic amines is 1. The molecule has 0 aliphatic rings. The minimum atomic E-state index is -0.330. The fourth-order valence-electron chi connectivity index (χ4n) is 2.97. The maximum atomic E-state index is 13.0. The molecular weight excluding hydrogens is 405 g/mol. The first-order valence-electron chi connectivity index (χ1n) is 9.15. The van der Waals surface area contributed by atoms with Crippen LogP contribution in [-0.4, -0.2) is 9.97 Å².